The van der Waals surface area contributed by atoms with Crippen LogP contribution in [0.15, 0.2) is 28.9 Å². The molecular weight excluding hydrogens is 314 g/mol. The van der Waals surface area contributed by atoms with Crippen LogP contribution in [0.4, 0.5) is 0 Å². The molecule has 0 unspecified atom stereocenters. The Morgan fingerprint density at radius 2 is 2.26 bits per heavy atom. The molecule has 0 bridgehead atoms. The van der Waals surface area contributed by atoms with E-state index >= 15 is 0 Å². The van der Waals surface area contributed by atoms with Crippen LogP contribution >= 0.6 is 11.8 Å². The number of rotatable bonds is 6. The van der Waals surface area contributed by atoms with Gasteiger partial charge in [-0.15, -0.1) is 10.2 Å². The van der Waals surface area contributed by atoms with Crippen molar-refractivity contribution < 1.29 is 9.21 Å². The van der Waals surface area contributed by atoms with Crippen LogP contribution in [-0.4, -0.2) is 38.0 Å². The summed E-state index contributed by atoms with van der Waals surface area (Å²) in [7, 11) is 0. The van der Waals surface area contributed by atoms with Crippen molar-refractivity contribution in [3.8, 4) is 0 Å². The number of aryl methyl sites for hydroxylation is 2. The number of hydrogen-bond donors (Lipinski definition) is 1. The zero-order valence-electron chi connectivity index (χ0n) is 12.9. The number of carbonyl (C=O) groups is 1. The Labute approximate surface area is 137 Å². The fourth-order valence-electron chi connectivity index (χ4n) is 2.18. The Morgan fingerprint density at radius 3 is 3.04 bits per heavy atom. The molecule has 0 aromatic carbocycles. The Kier molecular flexibility index (Phi) is 4.61. The van der Waals surface area contributed by atoms with Gasteiger partial charge in [0.05, 0.1) is 23.4 Å². The maximum Gasteiger partial charge on any atom is 0.273 e. The van der Waals surface area contributed by atoms with Crippen molar-refractivity contribution in [3.63, 3.8) is 0 Å². The lowest BCUT2D eigenvalue weighted by Gasteiger charge is -2.07. The van der Waals surface area contributed by atoms with Crippen LogP contribution in [0.1, 0.15) is 27.6 Å². The number of aromatic nitrogens is 4. The largest absolute Gasteiger partial charge is 0.468 e. The van der Waals surface area contributed by atoms with Crippen molar-refractivity contribution in [2.75, 3.05) is 12.3 Å². The molecule has 120 valence electrons. The summed E-state index contributed by atoms with van der Waals surface area (Å²) < 4.78 is 6.89. The summed E-state index contributed by atoms with van der Waals surface area (Å²) in [5.41, 5.74) is 2.47. The average molecular weight is 331 g/mol. The summed E-state index contributed by atoms with van der Waals surface area (Å²) in [4.78, 5) is 12.2. The molecule has 1 N–H and O–H groups in total. The number of hydrogen-bond acceptors (Lipinski definition) is 6. The summed E-state index contributed by atoms with van der Waals surface area (Å²) in [6.07, 6.45) is 1.66. The second kappa shape index (κ2) is 6.82. The molecule has 0 fully saturated rings. The number of nitrogens with one attached hydrogen (secondary N) is 1. The normalized spacial score (nSPS) is 11.0. The molecule has 0 aliphatic carbocycles. The SMILES string of the molecule is Cc1cc2nnc(C(=O)NCCSCc3ccco3)c(C)n2n1. The van der Waals surface area contributed by atoms with Gasteiger partial charge in [-0.1, -0.05) is 0 Å². The lowest BCUT2D eigenvalue weighted by Crippen LogP contribution is -2.28. The molecule has 3 aromatic heterocycles. The van der Waals surface area contributed by atoms with Gasteiger partial charge >= 0.3 is 0 Å². The van der Waals surface area contributed by atoms with E-state index in [1.165, 1.54) is 0 Å². The fourth-order valence-corrected chi connectivity index (χ4v) is 2.93. The molecule has 0 aliphatic heterocycles. The zero-order valence-corrected chi connectivity index (χ0v) is 13.8. The van der Waals surface area contributed by atoms with Gasteiger partial charge in [-0.3, -0.25) is 4.79 Å². The van der Waals surface area contributed by atoms with Crippen LogP contribution in [0.3, 0.4) is 0 Å². The monoisotopic (exact) mass is 331 g/mol. The molecule has 8 heteroatoms. The number of amides is 1. The first-order chi connectivity index (χ1) is 11.1. The maximum absolute atomic E-state index is 12.2. The van der Waals surface area contributed by atoms with Crippen LogP contribution in [0.5, 0.6) is 0 Å². The van der Waals surface area contributed by atoms with Crippen LogP contribution in [0.2, 0.25) is 0 Å². The Morgan fingerprint density at radius 1 is 1.39 bits per heavy atom. The van der Waals surface area contributed by atoms with E-state index in [1.807, 2.05) is 32.0 Å². The minimum Gasteiger partial charge on any atom is -0.468 e. The smallest absolute Gasteiger partial charge is 0.273 e. The maximum atomic E-state index is 12.2. The highest BCUT2D eigenvalue weighted by Crippen LogP contribution is 2.12. The van der Waals surface area contributed by atoms with Crippen LogP contribution in [0, 0.1) is 13.8 Å². The number of furan rings is 1. The third kappa shape index (κ3) is 3.53. The summed E-state index contributed by atoms with van der Waals surface area (Å²) in [6, 6.07) is 5.63. The van der Waals surface area contributed by atoms with E-state index in [1.54, 1.807) is 22.5 Å². The highest BCUT2D eigenvalue weighted by Gasteiger charge is 2.15. The standard InChI is InChI=1S/C15H17N5O2S/c1-10-8-13-17-18-14(11(2)20(13)19-10)15(21)16-5-7-23-9-12-4-3-6-22-12/h3-4,6,8H,5,7,9H2,1-2H3,(H,16,21). The van der Waals surface area contributed by atoms with Crippen molar-refractivity contribution in [3.05, 3.63) is 47.3 Å². The van der Waals surface area contributed by atoms with E-state index in [0.29, 0.717) is 23.6 Å². The number of carbonyl (C=O) groups excluding carboxylic acids is 1. The van der Waals surface area contributed by atoms with E-state index in [2.05, 4.69) is 20.6 Å². The van der Waals surface area contributed by atoms with Crippen molar-refractivity contribution in [2.24, 2.45) is 0 Å². The Bertz CT molecular complexity index is 813. The lowest BCUT2D eigenvalue weighted by atomic mass is 10.3. The molecule has 23 heavy (non-hydrogen) atoms. The summed E-state index contributed by atoms with van der Waals surface area (Å²) in [5, 5.41) is 15.2. The average Bonchev–Trinajstić information content (AvgIpc) is 3.16. The number of thioether (sulfide) groups is 1. The van der Waals surface area contributed by atoms with Gasteiger partial charge in [0.1, 0.15) is 5.76 Å². The third-order valence-corrected chi connectivity index (χ3v) is 4.28. The predicted molar refractivity (Wildman–Crippen MR) is 87.5 cm³/mol. The molecule has 3 heterocycles. The van der Waals surface area contributed by atoms with E-state index in [9.17, 15) is 4.79 Å². The molecule has 7 nitrogen and oxygen atoms in total. The third-order valence-electron chi connectivity index (χ3n) is 3.30. The summed E-state index contributed by atoms with van der Waals surface area (Å²) in [6.45, 7) is 4.25. The van der Waals surface area contributed by atoms with Crippen molar-refractivity contribution in [1.29, 1.82) is 0 Å². The van der Waals surface area contributed by atoms with Gasteiger partial charge in [0.2, 0.25) is 0 Å². The van der Waals surface area contributed by atoms with E-state index < -0.39 is 0 Å². The zero-order chi connectivity index (χ0) is 16.2. The minimum atomic E-state index is -0.233. The predicted octanol–water partition coefficient (Wildman–Crippen LogP) is 2.00. The number of nitrogens with zero attached hydrogens (tertiary/aromatic N) is 4. The molecule has 0 spiro atoms. The van der Waals surface area contributed by atoms with Crippen LogP contribution < -0.4 is 5.32 Å². The molecular formula is C15H17N5O2S. The van der Waals surface area contributed by atoms with Gasteiger partial charge in [0, 0.05) is 18.4 Å². The first-order valence-electron chi connectivity index (χ1n) is 7.23. The summed E-state index contributed by atoms with van der Waals surface area (Å²) >= 11 is 1.70. The quantitative estimate of drug-likeness (QED) is 0.695. The topological polar surface area (TPSA) is 85.3 Å². The molecule has 0 radical (unpaired) electrons. The van der Waals surface area contributed by atoms with Crippen LogP contribution in [0.25, 0.3) is 5.65 Å². The summed E-state index contributed by atoms with van der Waals surface area (Å²) in [5.74, 6) is 2.29. The van der Waals surface area contributed by atoms with Gasteiger partial charge in [-0.2, -0.15) is 16.9 Å². The van der Waals surface area contributed by atoms with Gasteiger partial charge < -0.3 is 9.73 Å². The first-order valence-corrected chi connectivity index (χ1v) is 8.38. The molecule has 0 saturated carbocycles. The molecule has 0 atom stereocenters. The van der Waals surface area contributed by atoms with Gasteiger partial charge in [-0.25, -0.2) is 4.52 Å². The van der Waals surface area contributed by atoms with Crippen molar-refractivity contribution in [1.82, 2.24) is 25.1 Å². The molecule has 0 saturated heterocycles. The van der Waals surface area contributed by atoms with Crippen LogP contribution in [-0.2, 0) is 5.75 Å². The lowest BCUT2D eigenvalue weighted by molar-refractivity contribution is 0.0948. The Balaban J connectivity index is 1.54. The molecule has 3 aromatic rings. The van der Waals surface area contributed by atoms with Gasteiger partial charge in [0.15, 0.2) is 11.3 Å². The highest BCUT2D eigenvalue weighted by atomic mass is 32.2. The second-order valence-corrected chi connectivity index (χ2v) is 6.18. The Hall–Kier alpha value is -2.35. The van der Waals surface area contributed by atoms with Gasteiger partial charge in [0.25, 0.3) is 5.91 Å². The first kappa shape index (κ1) is 15.5. The highest BCUT2D eigenvalue weighted by molar-refractivity contribution is 7.98. The second-order valence-electron chi connectivity index (χ2n) is 5.08. The number of fused-ring (bicyclic) bond motifs is 1. The molecule has 1 amide bonds. The molecule has 0 aliphatic rings. The fraction of sp³-hybridized carbons (Fsp3) is 0.333. The van der Waals surface area contributed by atoms with E-state index in [-0.39, 0.29) is 5.91 Å². The van der Waals surface area contributed by atoms with Crippen molar-refractivity contribution in [2.45, 2.75) is 19.6 Å². The van der Waals surface area contributed by atoms with E-state index in [0.717, 1.165) is 23.0 Å². The van der Waals surface area contributed by atoms with Crippen molar-refractivity contribution >= 4 is 23.3 Å². The van der Waals surface area contributed by atoms with Gasteiger partial charge in [-0.05, 0) is 26.0 Å². The minimum absolute atomic E-state index is 0.233. The molecule has 3 rings (SSSR count). The van der Waals surface area contributed by atoms with E-state index in [4.69, 9.17) is 4.42 Å².